The van der Waals surface area contributed by atoms with Gasteiger partial charge in [-0.1, -0.05) is 0 Å². The van der Waals surface area contributed by atoms with Crippen LogP contribution in [0.3, 0.4) is 0 Å². The van der Waals surface area contributed by atoms with Crippen LogP contribution >= 0.6 is 23.0 Å². The number of nitrogens with zero attached hydrogens (tertiary/aromatic N) is 1. The Morgan fingerprint density at radius 1 is 1.71 bits per heavy atom. The molecule has 40 valence electrons. The van der Waals surface area contributed by atoms with E-state index in [2.05, 4.69) is 0 Å². The van der Waals surface area contributed by atoms with Gasteiger partial charge in [-0.05, 0) is 13.8 Å². The third-order valence-corrected chi connectivity index (χ3v) is 1.56. The average molecular weight is 211 g/mol. The molecule has 0 fully saturated rings. The molecule has 0 heterocycles. The molecule has 0 unspecified atom stereocenters. The molecule has 0 rings (SSSR count). The van der Waals surface area contributed by atoms with Gasteiger partial charge in [-0.15, -0.1) is 0 Å². The van der Waals surface area contributed by atoms with Crippen molar-refractivity contribution in [1.29, 1.82) is 5.26 Å². The molecular weight excluding hydrogens is 205 g/mol. The summed E-state index contributed by atoms with van der Waals surface area (Å²) in [4.78, 5) is 0. The van der Waals surface area contributed by atoms with Gasteiger partial charge in [0.1, 0.15) is 23.0 Å². The molecule has 7 heavy (non-hydrogen) atoms. The van der Waals surface area contributed by atoms with Crippen LogP contribution in [0.25, 0.3) is 0 Å². The van der Waals surface area contributed by atoms with E-state index in [0.717, 1.165) is 0 Å². The Labute approximate surface area is 57.2 Å². The number of rotatable bonds is 1. The van der Waals surface area contributed by atoms with Gasteiger partial charge >= 0.3 is 0 Å². The summed E-state index contributed by atoms with van der Waals surface area (Å²) < 4.78 is 4.70. The molecule has 3 heteroatoms. The lowest BCUT2D eigenvalue weighted by Crippen LogP contribution is -2.15. The minimum Gasteiger partial charge on any atom is -0.294 e. The fourth-order valence-corrected chi connectivity index (χ4v) is 0.116. The smallest absolute Gasteiger partial charge is 0.161 e. The van der Waals surface area contributed by atoms with E-state index in [1.54, 1.807) is 36.9 Å². The van der Waals surface area contributed by atoms with Crippen LogP contribution in [0.15, 0.2) is 0 Å². The van der Waals surface area contributed by atoms with Crippen molar-refractivity contribution in [2.75, 3.05) is 0 Å². The first-order chi connectivity index (χ1) is 3.12. The third kappa shape index (κ3) is 2.83. The van der Waals surface area contributed by atoms with Crippen molar-refractivity contribution in [2.24, 2.45) is 0 Å². The van der Waals surface area contributed by atoms with Gasteiger partial charge in [0.05, 0.1) is 6.07 Å². The Kier molecular flexibility index (Phi) is 2.54. The van der Waals surface area contributed by atoms with E-state index in [1.807, 2.05) is 6.07 Å². The van der Waals surface area contributed by atoms with Gasteiger partial charge in [0.2, 0.25) is 0 Å². The first-order valence-corrected chi connectivity index (χ1v) is 2.71. The van der Waals surface area contributed by atoms with Crippen LogP contribution < -0.4 is 0 Å². The zero-order valence-electron chi connectivity index (χ0n) is 4.23. The summed E-state index contributed by atoms with van der Waals surface area (Å²) in [6.45, 7) is 3.42. The lowest BCUT2D eigenvalue weighted by atomic mass is 10.2. The Balaban J connectivity index is 3.66. The summed E-state index contributed by atoms with van der Waals surface area (Å²) in [5.74, 6) is 0. The molecule has 0 aliphatic rings. The highest BCUT2D eigenvalue weighted by atomic mass is 127. The second-order valence-corrected chi connectivity index (χ2v) is 2.14. The minimum atomic E-state index is -0.624. The highest BCUT2D eigenvalue weighted by Gasteiger charge is 2.14. The Morgan fingerprint density at radius 3 is 2.14 bits per heavy atom. The molecule has 0 saturated heterocycles. The predicted octanol–water partition coefficient (Wildman–Crippen LogP) is 1.66. The van der Waals surface area contributed by atoms with E-state index in [1.165, 1.54) is 0 Å². The molecule has 0 atom stereocenters. The highest BCUT2D eigenvalue weighted by molar-refractivity contribution is 14.1. The maximum Gasteiger partial charge on any atom is 0.161 e. The maximum absolute atomic E-state index is 8.21. The van der Waals surface area contributed by atoms with Crippen LogP contribution in [0.2, 0.25) is 0 Å². The van der Waals surface area contributed by atoms with Gasteiger partial charge < -0.3 is 0 Å². The molecule has 0 aromatic rings. The fourth-order valence-electron chi connectivity index (χ4n) is 0.0173. The maximum atomic E-state index is 8.21. The SMILES string of the molecule is CC(C)(C#N)OI. The second-order valence-electron chi connectivity index (χ2n) is 1.70. The summed E-state index contributed by atoms with van der Waals surface area (Å²) in [6.07, 6.45) is 0. The molecule has 2 nitrogen and oxygen atoms in total. The standard InChI is InChI=1S/C4H6INO/c1-4(2,3-6)7-5/h1-2H3. The van der Waals surface area contributed by atoms with Crippen molar-refractivity contribution >= 4 is 23.0 Å². The molecule has 0 bridgehead atoms. The van der Waals surface area contributed by atoms with Crippen LogP contribution in [-0.2, 0) is 3.07 Å². The normalized spacial score (nSPS) is 10.6. The highest BCUT2D eigenvalue weighted by Crippen LogP contribution is 2.09. The largest absolute Gasteiger partial charge is 0.294 e. The lowest BCUT2D eigenvalue weighted by molar-refractivity contribution is 0.248. The van der Waals surface area contributed by atoms with E-state index in [9.17, 15) is 0 Å². The van der Waals surface area contributed by atoms with Crippen molar-refractivity contribution in [2.45, 2.75) is 19.4 Å². The summed E-state index contributed by atoms with van der Waals surface area (Å²) in [5.41, 5.74) is -0.624. The van der Waals surface area contributed by atoms with Gasteiger partial charge in [-0.3, -0.25) is 3.07 Å². The molecular formula is C4H6INO. The summed E-state index contributed by atoms with van der Waals surface area (Å²) in [5, 5.41) is 8.21. The molecule has 0 amide bonds. The molecule has 0 radical (unpaired) electrons. The monoisotopic (exact) mass is 211 g/mol. The van der Waals surface area contributed by atoms with Crippen molar-refractivity contribution in [3.8, 4) is 6.07 Å². The first kappa shape index (κ1) is 7.18. The lowest BCUT2D eigenvalue weighted by Gasteiger charge is -2.07. The number of hydrogen-bond donors (Lipinski definition) is 0. The first-order valence-electron chi connectivity index (χ1n) is 1.83. The van der Waals surface area contributed by atoms with E-state index in [4.69, 9.17) is 8.33 Å². The van der Waals surface area contributed by atoms with E-state index in [-0.39, 0.29) is 0 Å². The van der Waals surface area contributed by atoms with Crippen molar-refractivity contribution in [3.63, 3.8) is 0 Å². The second kappa shape index (κ2) is 2.48. The molecule has 0 N–H and O–H groups in total. The summed E-state index contributed by atoms with van der Waals surface area (Å²) >= 11 is 1.71. The molecule has 0 aromatic heterocycles. The predicted molar refractivity (Wildman–Crippen MR) is 34.8 cm³/mol. The van der Waals surface area contributed by atoms with E-state index >= 15 is 0 Å². The van der Waals surface area contributed by atoms with Crippen LogP contribution in [0.4, 0.5) is 0 Å². The Bertz CT molecular complexity index is 94.4. The van der Waals surface area contributed by atoms with Crippen LogP contribution in [0.5, 0.6) is 0 Å². The zero-order valence-corrected chi connectivity index (χ0v) is 6.39. The van der Waals surface area contributed by atoms with Gasteiger partial charge in [-0.2, -0.15) is 5.26 Å². The minimum absolute atomic E-state index is 0.624. The van der Waals surface area contributed by atoms with E-state index in [0.29, 0.717) is 0 Å². The molecule has 0 aromatic carbocycles. The molecule has 0 aliphatic carbocycles. The zero-order chi connectivity index (χ0) is 5.91. The van der Waals surface area contributed by atoms with Crippen molar-refractivity contribution < 1.29 is 3.07 Å². The number of hydrogen-bond acceptors (Lipinski definition) is 2. The van der Waals surface area contributed by atoms with Crippen LogP contribution in [0.1, 0.15) is 13.8 Å². The molecule has 0 saturated carbocycles. The third-order valence-electron chi connectivity index (χ3n) is 0.462. The average Bonchev–Trinajstić information content (AvgIpc) is 1.68. The van der Waals surface area contributed by atoms with Gasteiger partial charge in [0, 0.05) is 0 Å². The van der Waals surface area contributed by atoms with Crippen LogP contribution in [0, 0.1) is 11.3 Å². The fraction of sp³-hybridized carbons (Fsp3) is 0.750. The number of nitriles is 1. The Morgan fingerprint density at radius 2 is 2.14 bits per heavy atom. The van der Waals surface area contributed by atoms with E-state index < -0.39 is 5.60 Å². The van der Waals surface area contributed by atoms with Gasteiger partial charge in [0.25, 0.3) is 0 Å². The summed E-state index contributed by atoms with van der Waals surface area (Å²) in [6, 6.07) is 1.96. The Hall–Kier alpha value is 0.180. The van der Waals surface area contributed by atoms with Crippen molar-refractivity contribution in [1.82, 2.24) is 0 Å². The summed E-state index contributed by atoms with van der Waals surface area (Å²) in [7, 11) is 0. The molecule has 0 aliphatic heterocycles. The van der Waals surface area contributed by atoms with Crippen molar-refractivity contribution in [3.05, 3.63) is 0 Å². The van der Waals surface area contributed by atoms with Gasteiger partial charge in [-0.25, -0.2) is 0 Å². The van der Waals surface area contributed by atoms with Gasteiger partial charge in [0.15, 0.2) is 5.60 Å². The topological polar surface area (TPSA) is 33.0 Å². The number of halogens is 1. The molecule has 0 spiro atoms. The van der Waals surface area contributed by atoms with Crippen LogP contribution in [-0.4, -0.2) is 5.60 Å². The quantitative estimate of drug-likeness (QED) is 0.617.